The van der Waals surface area contributed by atoms with E-state index in [4.69, 9.17) is 0 Å². The Morgan fingerprint density at radius 2 is 2.56 bits per heavy atom. The van der Waals surface area contributed by atoms with Crippen LogP contribution in [0.3, 0.4) is 0 Å². The van der Waals surface area contributed by atoms with Crippen LogP contribution in [0.4, 0.5) is 4.79 Å². The second-order valence-corrected chi connectivity index (χ2v) is 3.02. The van der Waals surface area contributed by atoms with Gasteiger partial charge in [0.2, 0.25) is 0 Å². The minimum Gasteiger partial charge on any atom is -0.259 e. The number of carbonyl (C=O) groups is 1. The molecule has 1 rings (SSSR count). The van der Waals surface area contributed by atoms with Gasteiger partial charge < -0.3 is 0 Å². The van der Waals surface area contributed by atoms with Crippen LogP contribution < -0.4 is 10.6 Å². The molecule has 2 N–H and O–H groups in total. The largest absolute Gasteiger partial charge is 0.307 e. The van der Waals surface area contributed by atoms with Crippen molar-refractivity contribution in [1.82, 2.24) is 15.7 Å². The van der Waals surface area contributed by atoms with Crippen LogP contribution in [0, 0.1) is 0 Å². The summed E-state index contributed by atoms with van der Waals surface area (Å²) in [4.78, 5) is 10.5. The highest BCUT2D eigenvalue weighted by Crippen LogP contribution is 2.07. The average molecular weight is 165 g/mol. The van der Waals surface area contributed by atoms with Crippen molar-refractivity contribution in [2.75, 3.05) is 12.7 Å². The van der Waals surface area contributed by atoms with E-state index in [9.17, 15) is 4.79 Å². The monoisotopic (exact) mass is 165 g/mol. The van der Waals surface area contributed by atoms with Crippen LogP contribution >= 0.6 is 21.4 Å². The van der Waals surface area contributed by atoms with Gasteiger partial charge in [0, 0.05) is 6.54 Å². The number of hydrogen-bond acceptors (Lipinski definition) is 3. The Kier molecular flexibility index (Phi) is 2.72. The van der Waals surface area contributed by atoms with E-state index in [-0.39, 0.29) is 5.24 Å². The highest BCUT2D eigenvalue weighted by molar-refractivity contribution is 7.96. The molecule has 1 aliphatic heterocycles. The zero-order valence-corrected chi connectivity index (χ0v) is 6.61. The highest BCUT2D eigenvalue weighted by atomic mass is 32.1. The summed E-state index contributed by atoms with van der Waals surface area (Å²) in [5.41, 5.74) is 2.82. The summed E-state index contributed by atoms with van der Waals surface area (Å²) in [5, 5.41) is 3.85. The number of hydrazine groups is 2. The zero-order chi connectivity index (χ0) is 6.69. The fourth-order valence-corrected chi connectivity index (χ4v) is 1.42. The lowest BCUT2D eigenvalue weighted by atomic mass is 10.8. The predicted octanol–water partition coefficient (Wildman–Crippen LogP) is -0.0455. The molecule has 1 aliphatic rings. The molecule has 1 heterocycles. The first-order valence-corrected chi connectivity index (χ1v) is 4.21. The molecule has 0 aromatic carbocycles. The molecular weight excluding hydrogens is 157 g/mol. The molecule has 1 unspecified atom stereocenters. The van der Waals surface area contributed by atoms with Gasteiger partial charge in [0.25, 0.3) is 0 Å². The molecule has 1 saturated heterocycles. The molecule has 6 heteroatoms. The molecule has 52 valence electrons. The van der Waals surface area contributed by atoms with Crippen molar-refractivity contribution >= 4 is 26.6 Å². The lowest BCUT2D eigenvalue weighted by Gasteiger charge is -2.25. The second kappa shape index (κ2) is 3.37. The van der Waals surface area contributed by atoms with Crippen LogP contribution in [-0.4, -0.2) is 23.1 Å². The van der Waals surface area contributed by atoms with Gasteiger partial charge in [0.15, 0.2) is 0 Å². The van der Waals surface area contributed by atoms with Gasteiger partial charge in [-0.3, -0.25) is 4.79 Å². The predicted molar refractivity (Wildman–Crippen MR) is 40.5 cm³/mol. The number of amides is 1. The summed E-state index contributed by atoms with van der Waals surface area (Å²) >= 11 is 3.61. The maximum Gasteiger partial charge on any atom is 0.307 e. The molecule has 0 radical (unpaired) electrons. The van der Waals surface area contributed by atoms with Crippen molar-refractivity contribution in [3.05, 3.63) is 0 Å². The molecular formula is C3H8N3OPS. The number of thiol groups is 1. The summed E-state index contributed by atoms with van der Waals surface area (Å²) in [5.74, 6) is 0. The first kappa shape index (κ1) is 7.28. The molecule has 0 saturated carbocycles. The highest BCUT2D eigenvalue weighted by Gasteiger charge is 2.10. The minimum atomic E-state index is -0.290. The van der Waals surface area contributed by atoms with E-state index < -0.39 is 0 Å². The van der Waals surface area contributed by atoms with Gasteiger partial charge >= 0.3 is 5.24 Å². The van der Waals surface area contributed by atoms with Crippen LogP contribution in [0.2, 0.25) is 0 Å². The molecule has 0 aromatic heterocycles. The molecule has 1 atom stereocenters. The molecule has 0 aliphatic carbocycles. The van der Waals surface area contributed by atoms with E-state index in [1.807, 2.05) is 0 Å². The van der Waals surface area contributed by atoms with Gasteiger partial charge in [-0.2, -0.15) is 10.3 Å². The Balaban J connectivity index is 2.31. The normalized spacial score (nSPS) is 22.6. The summed E-state index contributed by atoms with van der Waals surface area (Å²) < 4.78 is 0. The van der Waals surface area contributed by atoms with Crippen LogP contribution in [0.25, 0.3) is 0 Å². The Morgan fingerprint density at radius 3 is 2.89 bits per heavy atom. The van der Waals surface area contributed by atoms with Crippen molar-refractivity contribution in [2.24, 2.45) is 0 Å². The van der Waals surface area contributed by atoms with Crippen LogP contribution in [0.5, 0.6) is 0 Å². The Labute approximate surface area is 60.6 Å². The number of rotatable bonds is 0. The Bertz CT molecular complexity index is 116. The van der Waals surface area contributed by atoms with Crippen molar-refractivity contribution in [2.45, 2.75) is 0 Å². The molecule has 0 spiro atoms. The second-order valence-electron chi connectivity index (χ2n) is 1.56. The molecule has 0 aromatic rings. The summed E-state index contributed by atoms with van der Waals surface area (Å²) in [6.07, 6.45) is 1.07. The summed E-state index contributed by atoms with van der Waals surface area (Å²) in [7, 11) is 0.619. The van der Waals surface area contributed by atoms with Crippen molar-refractivity contribution in [1.29, 1.82) is 0 Å². The topological polar surface area (TPSA) is 44.4 Å². The maximum atomic E-state index is 10.5. The van der Waals surface area contributed by atoms with Gasteiger partial charge in [0.05, 0.1) is 0 Å². The standard InChI is InChI=1S/C3H8N3OPS/c7-3(9)6-4-1-2-8-5-6/h4-5,8H,1-2H2,(H,7,9). The molecule has 1 amide bonds. The average Bonchev–Trinajstić information content (AvgIpc) is 1.90. The number of hydrogen-bond donors (Lipinski definition) is 3. The Morgan fingerprint density at radius 1 is 1.78 bits per heavy atom. The van der Waals surface area contributed by atoms with Crippen molar-refractivity contribution in [3.63, 3.8) is 0 Å². The van der Waals surface area contributed by atoms with E-state index >= 15 is 0 Å². The third-order valence-corrected chi connectivity index (χ3v) is 1.98. The van der Waals surface area contributed by atoms with Gasteiger partial charge in [-0.1, -0.05) is 12.6 Å². The Hall–Kier alpha value is 0.170. The van der Waals surface area contributed by atoms with E-state index in [0.717, 1.165) is 12.7 Å². The lowest BCUT2D eigenvalue weighted by Crippen LogP contribution is -2.50. The molecule has 4 nitrogen and oxygen atoms in total. The number of nitrogens with zero attached hydrogens (tertiary/aromatic N) is 1. The van der Waals surface area contributed by atoms with Crippen LogP contribution in [0.1, 0.15) is 0 Å². The minimum absolute atomic E-state index is 0.290. The summed E-state index contributed by atoms with van der Waals surface area (Å²) in [6, 6.07) is 0. The lowest BCUT2D eigenvalue weighted by molar-refractivity contribution is 0.182. The van der Waals surface area contributed by atoms with E-state index in [1.165, 1.54) is 5.12 Å². The third-order valence-electron chi connectivity index (χ3n) is 0.902. The smallest absolute Gasteiger partial charge is 0.259 e. The fourth-order valence-electron chi connectivity index (χ4n) is 0.520. The van der Waals surface area contributed by atoms with Gasteiger partial charge in [0.1, 0.15) is 0 Å². The first-order chi connectivity index (χ1) is 4.30. The summed E-state index contributed by atoms with van der Waals surface area (Å²) in [6.45, 7) is 0.845. The first-order valence-electron chi connectivity index (χ1n) is 2.56. The fraction of sp³-hybridized carbons (Fsp3) is 0.667. The SMILES string of the molecule is O=C(S)N1NCCPN1. The van der Waals surface area contributed by atoms with E-state index in [1.54, 1.807) is 0 Å². The van der Waals surface area contributed by atoms with Gasteiger partial charge in [-0.15, -0.1) is 0 Å². The number of carbonyl (C=O) groups excluding carboxylic acids is 1. The quantitative estimate of drug-likeness (QED) is 0.348. The van der Waals surface area contributed by atoms with Crippen LogP contribution in [-0.2, 0) is 0 Å². The molecule has 9 heavy (non-hydrogen) atoms. The van der Waals surface area contributed by atoms with Gasteiger partial charge in [-0.25, -0.2) is 5.43 Å². The molecule has 1 fully saturated rings. The van der Waals surface area contributed by atoms with E-state index in [2.05, 4.69) is 23.3 Å². The van der Waals surface area contributed by atoms with Gasteiger partial charge in [-0.05, 0) is 14.9 Å². The third kappa shape index (κ3) is 2.10. The maximum absolute atomic E-state index is 10.5. The van der Waals surface area contributed by atoms with Crippen molar-refractivity contribution < 1.29 is 4.79 Å². The van der Waals surface area contributed by atoms with Crippen LogP contribution in [0.15, 0.2) is 0 Å². The zero-order valence-electron chi connectivity index (χ0n) is 4.72. The molecule has 0 bridgehead atoms. The van der Waals surface area contributed by atoms with Crippen molar-refractivity contribution in [3.8, 4) is 0 Å². The van der Waals surface area contributed by atoms with E-state index in [0.29, 0.717) is 8.73 Å². The number of nitrogens with one attached hydrogen (secondary N) is 2.